The van der Waals surface area contributed by atoms with Gasteiger partial charge in [-0.1, -0.05) is 30.3 Å². The lowest BCUT2D eigenvalue weighted by Gasteiger charge is -2.17. The zero-order valence-corrected chi connectivity index (χ0v) is 18.7. The molecule has 0 aliphatic heterocycles. The third kappa shape index (κ3) is 6.33. The SMILES string of the molecule is CN(Cc1ccccc1)S(=O)(=O)c1ccc(OCC(=O)Nc2ccc(F)c(C(F)(F)F)c2)cc1. The molecule has 34 heavy (non-hydrogen) atoms. The quantitative estimate of drug-likeness (QED) is 0.460. The van der Waals surface area contributed by atoms with E-state index in [2.05, 4.69) is 5.32 Å². The van der Waals surface area contributed by atoms with Gasteiger partial charge in [-0.25, -0.2) is 12.8 Å². The predicted molar refractivity (Wildman–Crippen MR) is 117 cm³/mol. The van der Waals surface area contributed by atoms with Crippen LogP contribution >= 0.6 is 0 Å². The van der Waals surface area contributed by atoms with E-state index in [4.69, 9.17) is 4.74 Å². The van der Waals surface area contributed by atoms with Crippen LogP contribution in [0.4, 0.5) is 23.2 Å². The number of alkyl halides is 3. The van der Waals surface area contributed by atoms with Crippen molar-refractivity contribution in [2.75, 3.05) is 19.0 Å². The molecule has 0 radical (unpaired) electrons. The minimum Gasteiger partial charge on any atom is -0.484 e. The molecule has 0 atom stereocenters. The second-order valence-corrected chi connectivity index (χ2v) is 9.29. The molecule has 0 spiro atoms. The van der Waals surface area contributed by atoms with E-state index in [0.29, 0.717) is 12.1 Å². The highest BCUT2D eigenvalue weighted by Crippen LogP contribution is 2.33. The number of nitrogens with zero attached hydrogens (tertiary/aromatic N) is 1. The standard InChI is InChI=1S/C23H20F4N2O4S/c1-29(14-16-5-3-2-4-6-16)34(31,32)19-10-8-18(9-11-19)33-15-22(30)28-17-7-12-21(24)20(13-17)23(25,26)27/h2-13H,14-15H2,1H3,(H,28,30). The minimum atomic E-state index is -4.90. The van der Waals surface area contributed by atoms with Crippen molar-refractivity contribution in [3.8, 4) is 5.75 Å². The topological polar surface area (TPSA) is 75.7 Å². The lowest BCUT2D eigenvalue weighted by Crippen LogP contribution is -2.26. The van der Waals surface area contributed by atoms with Gasteiger partial charge in [0.15, 0.2) is 6.61 Å². The molecule has 3 rings (SSSR count). The van der Waals surface area contributed by atoms with Crippen LogP contribution in [0, 0.1) is 5.82 Å². The predicted octanol–water partition coefficient (Wildman–Crippen LogP) is 4.68. The molecule has 180 valence electrons. The van der Waals surface area contributed by atoms with Crippen LogP contribution in [-0.4, -0.2) is 32.3 Å². The molecule has 1 N–H and O–H groups in total. The summed E-state index contributed by atoms with van der Waals surface area (Å²) in [5.41, 5.74) is -0.923. The first-order valence-corrected chi connectivity index (χ1v) is 11.3. The smallest absolute Gasteiger partial charge is 0.419 e. The van der Waals surface area contributed by atoms with E-state index in [1.807, 2.05) is 30.3 Å². The Balaban J connectivity index is 1.59. The fourth-order valence-corrected chi connectivity index (χ4v) is 4.14. The van der Waals surface area contributed by atoms with E-state index in [9.17, 15) is 30.8 Å². The van der Waals surface area contributed by atoms with Crippen molar-refractivity contribution >= 4 is 21.6 Å². The van der Waals surface area contributed by atoms with Gasteiger partial charge < -0.3 is 10.1 Å². The molecule has 0 bridgehead atoms. The van der Waals surface area contributed by atoms with Crippen LogP contribution in [0.2, 0.25) is 0 Å². The maximum absolute atomic E-state index is 13.3. The number of ether oxygens (including phenoxy) is 1. The number of rotatable bonds is 8. The summed E-state index contributed by atoms with van der Waals surface area (Å²) in [6, 6.07) is 16.5. The third-order valence-corrected chi connectivity index (χ3v) is 6.52. The molecule has 3 aromatic rings. The van der Waals surface area contributed by atoms with Gasteiger partial charge in [-0.05, 0) is 48.0 Å². The van der Waals surface area contributed by atoms with Crippen molar-refractivity contribution in [3.63, 3.8) is 0 Å². The van der Waals surface area contributed by atoms with Crippen LogP contribution in [0.1, 0.15) is 11.1 Å². The molecular formula is C23H20F4N2O4S. The summed E-state index contributed by atoms with van der Waals surface area (Å²) >= 11 is 0. The molecule has 0 fully saturated rings. The molecule has 1 amide bonds. The highest BCUT2D eigenvalue weighted by molar-refractivity contribution is 7.89. The van der Waals surface area contributed by atoms with Crippen molar-refractivity contribution in [2.45, 2.75) is 17.6 Å². The third-order valence-electron chi connectivity index (χ3n) is 4.71. The summed E-state index contributed by atoms with van der Waals surface area (Å²) in [7, 11) is -2.31. The van der Waals surface area contributed by atoms with Gasteiger partial charge in [0.05, 0.1) is 10.5 Å². The number of carbonyl (C=O) groups is 1. The lowest BCUT2D eigenvalue weighted by molar-refractivity contribution is -0.140. The average molecular weight is 496 g/mol. The number of nitrogens with one attached hydrogen (secondary N) is 1. The summed E-state index contributed by atoms with van der Waals surface area (Å²) in [6.45, 7) is -0.375. The second kappa shape index (κ2) is 10.2. The van der Waals surface area contributed by atoms with E-state index in [1.165, 1.54) is 35.6 Å². The number of amides is 1. The number of benzene rings is 3. The molecule has 0 aromatic heterocycles. The Bertz CT molecular complexity index is 1250. The number of hydrogen-bond acceptors (Lipinski definition) is 4. The van der Waals surface area contributed by atoms with Gasteiger partial charge in [0.1, 0.15) is 11.6 Å². The van der Waals surface area contributed by atoms with Crippen LogP contribution in [0.25, 0.3) is 0 Å². The minimum absolute atomic E-state index is 0.0220. The number of anilines is 1. The van der Waals surface area contributed by atoms with Gasteiger partial charge in [-0.3, -0.25) is 4.79 Å². The van der Waals surface area contributed by atoms with Gasteiger partial charge in [-0.2, -0.15) is 17.5 Å². The molecule has 0 aliphatic rings. The molecule has 0 heterocycles. The maximum atomic E-state index is 13.3. The van der Waals surface area contributed by atoms with Gasteiger partial charge >= 0.3 is 6.18 Å². The molecule has 0 aliphatic carbocycles. The van der Waals surface area contributed by atoms with Crippen molar-refractivity contribution < 1.29 is 35.5 Å². The molecular weight excluding hydrogens is 476 g/mol. The second-order valence-electron chi connectivity index (χ2n) is 7.25. The Morgan fingerprint density at radius 3 is 2.26 bits per heavy atom. The Morgan fingerprint density at radius 1 is 1.00 bits per heavy atom. The van der Waals surface area contributed by atoms with Crippen LogP contribution in [0.3, 0.4) is 0 Å². The largest absolute Gasteiger partial charge is 0.484 e. The zero-order chi connectivity index (χ0) is 24.9. The van der Waals surface area contributed by atoms with Crippen molar-refractivity contribution in [2.24, 2.45) is 0 Å². The molecule has 11 heteroatoms. The molecule has 6 nitrogen and oxygen atoms in total. The summed E-state index contributed by atoms with van der Waals surface area (Å²) in [5, 5.41) is 2.19. The highest BCUT2D eigenvalue weighted by atomic mass is 32.2. The first-order valence-electron chi connectivity index (χ1n) is 9.86. The Morgan fingerprint density at radius 2 is 1.65 bits per heavy atom. The van der Waals surface area contributed by atoms with Crippen molar-refractivity contribution in [1.82, 2.24) is 4.31 Å². The molecule has 0 saturated carbocycles. The van der Waals surface area contributed by atoms with E-state index >= 15 is 0 Å². The fourth-order valence-electron chi connectivity index (χ4n) is 2.98. The Labute approximate surface area is 193 Å². The molecule has 0 unspecified atom stereocenters. The van der Waals surface area contributed by atoms with E-state index < -0.39 is 40.1 Å². The van der Waals surface area contributed by atoms with Crippen LogP contribution < -0.4 is 10.1 Å². The Kier molecular flexibility index (Phi) is 7.57. The first-order chi connectivity index (χ1) is 16.0. The normalized spacial score (nSPS) is 11.9. The van der Waals surface area contributed by atoms with Gasteiger partial charge in [-0.15, -0.1) is 0 Å². The summed E-state index contributed by atoms with van der Waals surface area (Å²) < 4.78 is 83.7. The van der Waals surface area contributed by atoms with E-state index in [-0.39, 0.29) is 22.9 Å². The van der Waals surface area contributed by atoms with Crippen LogP contribution in [0.5, 0.6) is 5.75 Å². The van der Waals surface area contributed by atoms with Gasteiger partial charge in [0, 0.05) is 19.3 Å². The summed E-state index contributed by atoms with van der Waals surface area (Å²) in [5.74, 6) is -2.06. The van der Waals surface area contributed by atoms with Crippen LogP contribution in [0.15, 0.2) is 77.7 Å². The van der Waals surface area contributed by atoms with Crippen molar-refractivity contribution in [3.05, 3.63) is 89.7 Å². The monoisotopic (exact) mass is 496 g/mol. The Hall–Kier alpha value is -3.44. The number of hydrogen-bond donors (Lipinski definition) is 1. The molecule has 0 saturated heterocycles. The van der Waals surface area contributed by atoms with E-state index in [0.717, 1.165) is 11.6 Å². The lowest BCUT2D eigenvalue weighted by atomic mass is 10.2. The van der Waals surface area contributed by atoms with E-state index in [1.54, 1.807) is 0 Å². The highest BCUT2D eigenvalue weighted by Gasteiger charge is 2.34. The number of halogens is 4. The molecule has 3 aromatic carbocycles. The number of carbonyl (C=O) groups excluding carboxylic acids is 1. The van der Waals surface area contributed by atoms with Gasteiger partial charge in [0.2, 0.25) is 10.0 Å². The van der Waals surface area contributed by atoms with Crippen LogP contribution in [-0.2, 0) is 27.5 Å². The fraction of sp³-hybridized carbons (Fsp3) is 0.174. The zero-order valence-electron chi connectivity index (χ0n) is 17.8. The number of sulfonamides is 1. The van der Waals surface area contributed by atoms with Crippen molar-refractivity contribution in [1.29, 1.82) is 0 Å². The first kappa shape index (κ1) is 25.2. The van der Waals surface area contributed by atoms with Gasteiger partial charge in [0.25, 0.3) is 5.91 Å². The summed E-state index contributed by atoms with van der Waals surface area (Å²) in [4.78, 5) is 12.0. The summed E-state index contributed by atoms with van der Waals surface area (Å²) in [6.07, 6.45) is -4.90. The maximum Gasteiger partial charge on any atom is 0.419 e. The average Bonchev–Trinajstić information content (AvgIpc) is 2.79.